The van der Waals surface area contributed by atoms with Gasteiger partial charge in [0.15, 0.2) is 5.16 Å². The molecule has 5 heteroatoms. The first-order valence-electron chi connectivity index (χ1n) is 6.93. The van der Waals surface area contributed by atoms with Crippen LogP contribution in [0.1, 0.15) is 27.7 Å². The smallest absolute Gasteiger partial charge is 0.166 e. The lowest BCUT2D eigenvalue weighted by atomic mass is 9.92. The summed E-state index contributed by atoms with van der Waals surface area (Å²) in [7, 11) is 0. The van der Waals surface area contributed by atoms with Crippen LogP contribution in [0.2, 0.25) is 0 Å². The molecule has 1 unspecified atom stereocenters. The summed E-state index contributed by atoms with van der Waals surface area (Å²) >= 11 is 1.71. The van der Waals surface area contributed by atoms with Crippen LogP contribution in [0.25, 0.3) is 11.0 Å². The first-order valence-corrected chi connectivity index (χ1v) is 7.81. The SMILES string of the molecule is CCOc1ccc2nc(SC(CN)C(C)(C)C)[nH]c2c1. The van der Waals surface area contributed by atoms with Crippen molar-refractivity contribution < 1.29 is 4.74 Å². The molecule has 0 spiro atoms. The molecule has 0 saturated carbocycles. The van der Waals surface area contributed by atoms with Crippen molar-refractivity contribution in [2.45, 2.75) is 38.1 Å². The van der Waals surface area contributed by atoms with Crippen molar-refractivity contribution >= 4 is 22.8 Å². The van der Waals surface area contributed by atoms with Crippen LogP contribution in [0.3, 0.4) is 0 Å². The lowest BCUT2D eigenvalue weighted by Gasteiger charge is -2.27. The second-order valence-electron chi connectivity index (χ2n) is 5.86. The van der Waals surface area contributed by atoms with E-state index in [4.69, 9.17) is 10.5 Å². The van der Waals surface area contributed by atoms with Crippen LogP contribution in [-0.4, -0.2) is 28.4 Å². The Balaban J connectivity index is 2.23. The number of nitrogens with zero attached hydrogens (tertiary/aromatic N) is 1. The zero-order chi connectivity index (χ0) is 14.8. The Labute approximate surface area is 124 Å². The van der Waals surface area contributed by atoms with Gasteiger partial charge >= 0.3 is 0 Å². The zero-order valence-electron chi connectivity index (χ0n) is 12.6. The molecule has 0 radical (unpaired) electrons. The minimum absolute atomic E-state index is 0.148. The summed E-state index contributed by atoms with van der Waals surface area (Å²) in [5, 5.41) is 1.24. The van der Waals surface area contributed by atoms with Gasteiger partial charge in [0.25, 0.3) is 0 Å². The van der Waals surface area contributed by atoms with Gasteiger partial charge < -0.3 is 15.5 Å². The third-order valence-electron chi connectivity index (χ3n) is 3.18. The van der Waals surface area contributed by atoms with E-state index in [0.717, 1.165) is 21.9 Å². The number of nitrogens with one attached hydrogen (secondary N) is 1. The maximum atomic E-state index is 5.88. The van der Waals surface area contributed by atoms with Crippen molar-refractivity contribution in [3.63, 3.8) is 0 Å². The van der Waals surface area contributed by atoms with E-state index in [1.165, 1.54) is 0 Å². The number of hydrogen-bond donors (Lipinski definition) is 2. The molecular formula is C15H23N3OS. The highest BCUT2D eigenvalue weighted by atomic mass is 32.2. The third-order valence-corrected chi connectivity index (χ3v) is 4.78. The number of hydrogen-bond acceptors (Lipinski definition) is 4. The Bertz CT molecular complexity index is 574. The van der Waals surface area contributed by atoms with E-state index >= 15 is 0 Å². The van der Waals surface area contributed by atoms with Crippen molar-refractivity contribution in [1.29, 1.82) is 0 Å². The number of aromatic nitrogens is 2. The van der Waals surface area contributed by atoms with Crippen LogP contribution >= 0.6 is 11.8 Å². The van der Waals surface area contributed by atoms with Gasteiger partial charge in [-0.3, -0.25) is 0 Å². The van der Waals surface area contributed by atoms with Crippen LogP contribution in [0.4, 0.5) is 0 Å². The summed E-state index contributed by atoms with van der Waals surface area (Å²) in [6.07, 6.45) is 0. The molecule has 2 rings (SSSR count). The lowest BCUT2D eigenvalue weighted by Crippen LogP contribution is -2.30. The number of nitrogens with two attached hydrogens (primary N) is 1. The van der Waals surface area contributed by atoms with Gasteiger partial charge in [0.1, 0.15) is 5.75 Å². The van der Waals surface area contributed by atoms with Gasteiger partial charge in [0.05, 0.1) is 17.6 Å². The molecule has 1 atom stereocenters. The summed E-state index contributed by atoms with van der Waals surface area (Å²) in [6.45, 7) is 9.89. The van der Waals surface area contributed by atoms with E-state index in [0.29, 0.717) is 18.4 Å². The third kappa shape index (κ3) is 3.46. The van der Waals surface area contributed by atoms with Crippen LogP contribution < -0.4 is 10.5 Å². The number of imidazole rings is 1. The number of benzene rings is 1. The lowest BCUT2D eigenvalue weighted by molar-refractivity contribution is 0.340. The molecule has 3 N–H and O–H groups in total. The van der Waals surface area contributed by atoms with E-state index in [-0.39, 0.29) is 5.41 Å². The molecule has 0 aliphatic rings. The second-order valence-corrected chi connectivity index (χ2v) is 7.05. The molecule has 0 saturated heterocycles. The average Bonchev–Trinajstić information content (AvgIpc) is 2.76. The first-order chi connectivity index (χ1) is 9.44. The Kier molecular flexibility index (Phi) is 4.60. The van der Waals surface area contributed by atoms with E-state index in [1.807, 2.05) is 25.1 Å². The first kappa shape index (κ1) is 15.2. The van der Waals surface area contributed by atoms with E-state index in [9.17, 15) is 0 Å². The maximum absolute atomic E-state index is 5.88. The molecule has 0 bridgehead atoms. The minimum Gasteiger partial charge on any atom is -0.494 e. The van der Waals surface area contributed by atoms with Gasteiger partial charge in [-0.2, -0.15) is 0 Å². The number of thioether (sulfide) groups is 1. The summed E-state index contributed by atoms with van der Waals surface area (Å²) in [5.74, 6) is 0.867. The summed E-state index contributed by atoms with van der Waals surface area (Å²) < 4.78 is 5.51. The summed E-state index contributed by atoms with van der Waals surface area (Å²) in [6, 6.07) is 5.92. The molecule has 0 fully saturated rings. The molecule has 0 aliphatic carbocycles. The molecule has 1 aromatic carbocycles. The Hall–Kier alpha value is -1.20. The summed E-state index contributed by atoms with van der Waals surface area (Å²) in [4.78, 5) is 7.96. The topological polar surface area (TPSA) is 63.9 Å². The monoisotopic (exact) mass is 293 g/mol. The second kappa shape index (κ2) is 6.06. The van der Waals surface area contributed by atoms with Gasteiger partial charge in [-0.05, 0) is 24.5 Å². The highest BCUT2D eigenvalue weighted by molar-refractivity contribution is 7.99. The van der Waals surface area contributed by atoms with Gasteiger partial charge in [0.2, 0.25) is 0 Å². The Morgan fingerprint density at radius 2 is 2.15 bits per heavy atom. The molecule has 110 valence electrons. The maximum Gasteiger partial charge on any atom is 0.166 e. The molecule has 1 aromatic heterocycles. The highest BCUT2D eigenvalue weighted by Crippen LogP contribution is 2.34. The Morgan fingerprint density at radius 1 is 1.40 bits per heavy atom. The number of H-pyrrole nitrogens is 1. The van der Waals surface area contributed by atoms with Crippen LogP contribution in [0.5, 0.6) is 5.75 Å². The molecule has 2 aromatic rings. The van der Waals surface area contributed by atoms with Crippen molar-refractivity contribution in [3.05, 3.63) is 18.2 Å². The largest absolute Gasteiger partial charge is 0.494 e. The van der Waals surface area contributed by atoms with Crippen molar-refractivity contribution in [2.24, 2.45) is 11.1 Å². The van der Waals surface area contributed by atoms with E-state index in [1.54, 1.807) is 11.8 Å². The van der Waals surface area contributed by atoms with Crippen LogP contribution in [0.15, 0.2) is 23.4 Å². The fourth-order valence-corrected chi connectivity index (χ4v) is 3.03. The molecule has 20 heavy (non-hydrogen) atoms. The van der Waals surface area contributed by atoms with Gasteiger partial charge in [-0.1, -0.05) is 32.5 Å². The number of aromatic amines is 1. The number of fused-ring (bicyclic) bond motifs is 1. The highest BCUT2D eigenvalue weighted by Gasteiger charge is 2.25. The molecule has 0 amide bonds. The summed E-state index contributed by atoms with van der Waals surface area (Å²) in [5.41, 5.74) is 7.99. The van der Waals surface area contributed by atoms with Gasteiger partial charge in [0, 0.05) is 17.9 Å². The quantitative estimate of drug-likeness (QED) is 0.829. The number of rotatable bonds is 5. The molecule has 1 heterocycles. The average molecular weight is 293 g/mol. The zero-order valence-corrected chi connectivity index (χ0v) is 13.4. The predicted molar refractivity (Wildman–Crippen MR) is 85.4 cm³/mol. The van der Waals surface area contributed by atoms with Crippen molar-refractivity contribution in [2.75, 3.05) is 13.2 Å². The standard InChI is InChI=1S/C15H23N3OS/c1-5-19-10-6-7-11-12(8-10)18-14(17-11)20-13(9-16)15(2,3)4/h6-8,13H,5,9,16H2,1-4H3,(H,17,18). The molecule has 0 aliphatic heterocycles. The molecule has 4 nitrogen and oxygen atoms in total. The van der Waals surface area contributed by atoms with Gasteiger partial charge in [-0.15, -0.1) is 0 Å². The molecular weight excluding hydrogens is 270 g/mol. The van der Waals surface area contributed by atoms with E-state index < -0.39 is 0 Å². The minimum atomic E-state index is 0.148. The van der Waals surface area contributed by atoms with Crippen LogP contribution in [-0.2, 0) is 0 Å². The Morgan fingerprint density at radius 3 is 2.75 bits per heavy atom. The van der Waals surface area contributed by atoms with Crippen molar-refractivity contribution in [1.82, 2.24) is 9.97 Å². The van der Waals surface area contributed by atoms with Crippen molar-refractivity contribution in [3.8, 4) is 5.75 Å². The normalized spacial score (nSPS) is 13.7. The van der Waals surface area contributed by atoms with Crippen LogP contribution in [0, 0.1) is 5.41 Å². The number of ether oxygens (including phenoxy) is 1. The van der Waals surface area contributed by atoms with E-state index in [2.05, 4.69) is 30.7 Å². The fraction of sp³-hybridized carbons (Fsp3) is 0.533. The van der Waals surface area contributed by atoms with Gasteiger partial charge in [-0.25, -0.2) is 4.98 Å². The fourth-order valence-electron chi connectivity index (χ4n) is 1.99. The predicted octanol–water partition coefficient (Wildman–Crippen LogP) is 3.43.